The largest absolute Gasteiger partial charge is 0.368 e. The van der Waals surface area contributed by atoms with Crippen molar-refractivity contribution in [2.24, 2.45) is 0 Å². The van der Waals surface area contributed by atoms with Crippen molar-refractivity contribution in [3.05, 3.63) is 65.2 Å². The van der Waals surface area contributed by atoms with Gasteiger partial charge in [0, 0.05) is 69.9 Å². The highest BCUT2D eigenvalue weighted by Crippen LogP contribution is 2.41. The summed E-state index contributed by atoms with van der Waals surface area (Å²) >= 11 is 0. The van der Waals surface area contributed by atoms with E-state index in [0.717, 1.165) is 39.3 Å². The number of carbonyl (C=O) groups excluding carboxylic acids is 1. The standard InChI is InChI=1S/C27H36N4O/c1-20(32)29-14-16-30(17-15-29)23-11-8-22(9-12-23)25-18-31(19-27(25)28(2)3)26-13-10-21-6-4-5-7-24(21)26/h4-9,11-12,25-27H,10,13-19H2,1-3H3/t25-,26?,27+/m1/s1. The summed E-state index contributed by atoms with van der Waals surface area (Å²) in [7, 11) is 4.46. The van der Waals surface area contributed by atoms with Crippen molar-refractivity contribution >= 4 is 11.6 Å². The highest BCUT2D eigenvalue weighted by atomic mass is 16.2. The molecule has 32 heavy (non-hydrogen) atoms. The Morgan fingerprint density at radius 2 is 1.66 bits per heavy atom. The lowest BCUT2D eigenvalue weighted by Gasteiger charge is -2.35. The molecule has 2 aromatic rings. The van der Waals surface area contributed by atoms with Gasteiger partial charge in [-0.1, -0.05) is 36.4 Å². The molecule has 3 aliphatic rings. The average molecular weight is 433 g/mol. The van der Waals surface area contributed by atoms with Crippen LogP contribution >= 0.6 is 0 Å². The first kappa shape index (κ1) is 21.5. The summed E-state index contributed by atoms with van der Waals surface area (Å²) in [5, 5.41) is 0. The van der Waals surface area contributed by atoms with Gasteiger partial charge >= 0.3 is 0 Å². The van der Waals surface area contributed by atoms with E-state index in [9.17, 15) is 4.79 Å². The molecule has 5 heteroatoms. The van der Waals surface area contributed by atoms with Gasteiger partial charge in [0.2, 0.25) is 5.91 Å². The second kappa shape index (κ2) is 8.87. The number of nitrogens with zero attached hydrogens (tertiary/aromatic N) is 4. The van der Waals surface area contributed by atoms with E-state index in [1.165, 1.54) is 29.7 Å². The first-order chi connectivity index (χ1) is 15.5. The average Bonchev–Trinajstić information content (AvgIpc) is 3.44. The van der Waals surface area contributed by atoms with E-state index in [2.05, 4.69) is 77.3 Å². The third-order valence-electron chi connectivity index (χ3n) is 7.93. The van der Waals surface area contributed by atoms with E-state index < -0.39 is 0 Å². The lowest BCUT2D eigenvalue weighted by molar-refractivity contribution is -0.129. The lowest BCUT2D eigenvalue weighted by Crippen LogP contribution is -2.48. The third-order valence-corrected chi connectivity index (χ3v) is 7.93. The van der Waals surface area contributed by atoms with Crippen molar-refractivity contribution in [1.82, 2.24) is 14.7 Å². The first-order valence-electron chi connectivity index (χ1n) is 12.1. The molecule has 2 aliphatic heterocycles. The van der Waals surface area contributed by atoms with Crippen molar-refractivity contribution in [1.29, 1.82) is 0 Å². The van der Waals surface area contributed by atoms with Gasteiger partial charge in [0.1, 0.15) is 0 Å². The van der Waals surface area contributed by atoms with Crippen molar-refractivity contribution in [2.75, 3.05) is 58.3 Å². The maximum Gasteiger partial charge on any atom is 0.219 e. The predicted molar refractivity (Wildman–Crippen MR) is 130 cm³/mol. The van der Waals surface area contributed by atoms with Crippen LogP contribution in [0.25, 0.3) is 0 Å². The Labute approximate surface area is 192 Å². The zero-order chi connectivity index (χ0) is 22.2. The van der Waals surface area contributed by atoms with Gasteiger partial charge in [-0.2, -0.15) is 0 Å². The molecule has 2 fully saturated rings. The summed E-state index contributed by atoms with van der Waals surface area (Å²) < 4.78 is 0. The Bertz CT molecular complexity index is 948. The molecule has 5 nitrogen and oxygen atoms in total. The number of likely N-dealkylation sites (tertiary alicyclic amines) is 1. The molecule has 1 amide bonds. The number of fused-ring (bicyclic) bond motifs is 1. The molecule has 0 aromatic heterocycles. The van der Waals surface area contributed by atoms with E-state index in [1.54, 1.807) is 12.5 Å². The van der Waals surface area contributed by atoms with Gasteiger partial charge in [0.15, 0.2) is 0 Å². The maximum absolute atomic E-state index is 11.6. The second-order valence-corrected chi connectivity index (χ2v) is 9.93. The van der Waals surface area contributed by atoms with Crippen LogP contribution in [0.4, 0.5) is 5.69 Å². The van der Waals surface area contributed by atoms with E-state index in [0.29, 0.717) is 18.0 Å². The zero-order valence-corrected chi connectivity index (χ0v) is 19.7. The summed E-state index contributed by atoms with van der Waals surface area (Å²) in [6.07, 6.45) is 2.46. The number of benzene rings is 2. The Balaban J connectivity index is 1.30. The van der Waals surface area contributed by atoms with Gasteiger partial charge < -0.3 is 14.7 Å². The topological polar surface area (TPSA) is 30.0 Å². The van der Waals surface area contributed by atoms with E-state index in [1.807, 2.05) is 4.90 Å². The Hall–Kier alpha value is -2.37. The maximum atomic E-state index is 11.6. The van der Waals surface area contributed by atoms with Crippen LogP contribution in [0, 0.1) is 0 Å². The number of piperazine rings is 1. The Morgan fingerprint density at radius 1 is 0.938 bits per heavy atom. The molecule has 2 aromatic carbocycles. The highest BCUT2D eigenvalue weighted by Gasteiger charge is 2.40. The van der Waals surface area contributed by atoms with Gasteiger partial charge in [0.25, 0.3) is 0 Å². The van der Waals surface area contributed by atoms with Crippen molar-refractivity contribution in [3.63, 3.8) is 0 Å². The fourth-order valence-corrected chi connectivity index (χ4v) is 6.05. The molecule has 1 aliphatic carbocycles. The van der Waals surface area contributed by atoms with Crippen LogP contribution in [0.5, 0.6) is 0 Å². The third kappa shape index (κ3) is 4.04. The smallest absolute Gasteiger partial charge is 0.219 e. The van der Waals surface area contributed by atoms with Crippen molar-refractivity contribution < 1.29 is 4.79 Å². The quantitative estimate of drug-likeness (QED) is 0.741. The number of hydrogen-bond donors (Lipinski definition) is 0. The summed E-state index contributed by atoms with van der Waals surface area (Å²) in [6.45, 7) is 7.39. The van der Waals surface area contributed by atoms with Gasteiger partial charge in [-0.25, -0.2) is 0 Å². The summed E-state index contributed by atoms with van der Waals surface area (Å²) in [5.41, 5.74) is 5.81. The van der Waals surface area contributed by atoms with Crippen LogP contribution < -0.4 is 4.90 Å². The van der Waals surface area contributed by atoms with Crippen LogP contribution in [-0.2, 0) is 11.2 Å². The van der Waals surface area contributed by atoms with Gasteiger partial charge in [-0.3, -0.25) is 9.69 Å². The first-order valence-corrected chi connectivity index (χ1v) is 12.1. The monoisotopic (exact) mass is 432 g/mol. The number of amides is 1. The number of aryl methyl sites for hydroxylation is 1. The van der Waals surface area contributed by atoms with E-state index in [4.69, 9.17) is 0 Å². The van der Waals surface area contributed by atoms with Gasteiger partial charge in [0.05, 0.1) is 0 Å². The molecule has 0 radical (unpaired) electrons. The molecule has 0 bridgehead atoms. The van der Waals surface area contributed by atoms with Crippen LogP contribution in [0.3, 0.4) is 0 Å². The summed E-state index contributed by atoms with van der Waals surface area (Å²) in [4.78, 5) is 21.1. The van der Waals surface area contributed by atoms with E-state index >= 15 is 0 Å². The molecule has 5 rings (SSSR count). The number of carbonyl (C=O) groups is 1. The summed E-state index contributed by atoms with van der Waals surface area (Å²) in [6, 6.07) is 19.4. The minimum Gasteiger partial charge on any atom is -0.368 e. The molecular weight excluding hydrogens is 396 g/mol. The molecule has 0 N–H and O–H groups in total. The molecule has 2 saturated heterocycles. The molecule has 2 heterocycles. The van der Waals surface area contributed by atoms with Crippen molar-refractivity contribution in [2.45, 2.75) is 37.8 Å². The Morgan fingerprint density at radius 3 is 2.34 bits per heavy atom. The molecule has 0 spiro atoms. The zero-order valence-electron chi connectivity index (χ0n) is 19.7. The molecule has 170 valence electrons. The fourth-order valence-electron chi connectivity index (χ4n) is 6.05. The van der Waals surface area contributed by atoms with Crippen LogP contribution in [0.1, 0.15) is 42.0 Å². The van der Waals surface area contributed by atoms with Crippen molar-refractivity contribution in [3.8, 4) is 0 Å². The summed E-state index contributed by atoms with van der Waals surface area (Å²) in [5.74, 6) is 0.715. The molecule has 3 atom stereocenters. The van der Waals surface area contributed by atoms with E-state index in [-0.39, 0.29) is 5.91 Å². The van der Waals surface area contributed by atoms with Crippen LogP contribution in [0.15, 0.2) is 48.5 Å². The Kier molecular flexibility index (Phi) is 5.95. The number of rotatable bonds is 4. The number of likely N-dealkylation sites (N-methyl/N-ethyl adjacent to an activating group) is 1. The predicted octanol–water partition coefficient (Wildman–Crippen LogP) is 3.37. The van der Waals surface area contributed by atoms with Gasteiger partial charge in [-0.15, -0.1) is 0 Å². The fraction of sp³-hybridized carbons (Fsp3) is 0.519. The SMILES string of the molecule is CC(=O)N1CCN(c2ccc([C@H]3CN(C4CCc5ccccc54)C[C@@H]3N(C)C)cc2)CC1. The number of hydrogen-bond acceptors (Lipinski definition) is 4. The number of anilines is 1. The normalized spacial score (nSPS) is 26.1. The second-order valence-electron chi connectivity index (χ2n) is 9.93. The highest BCUT2D eigenvalue weighted by molar-refractivity contribution is 5.73. The minimum absolute atomic E-state index is 0.186. The van der Waals surface area contributed by atoms with Crippen LogP contribution in [-0.4, -0.2) is 80.0 Å². The lowest BCUT2D eigenvalue weighted by atomic mass is 9.93. The molecule has 1 unspecified atom stereocenters. The molecule has 0 saturated carbocycles. The van der Waals surface area contributed by atoms with Gasteiger partial charge in [-0.05, 0) is 55.8 Å². The van der Waals surface area contributed by atoms with Crippen LogP contribution in [0.2, 0.25) is 0 Å². The molecular formula is C27H36N4O. The minimum atomic E-state index is 0.186.